The van der Waals surface area contributed by atoms with E-state index in [4.69, 9.17) is 10.5 Å². The molecule has 0 aliphatic carbocycles. The molecule has 0 aromatic heterocycles. The second kappa shape index (κ2) is 7.13. The highest BCUT2D eigenvalue weighted by Crippen LogP contribution is 2.34. The van der Waals surface area contributed by atoms with Crippen molar-refractivity contribution < 1.29 is 4.74 Å². The summed E-state index contributed by atoms with van der Waals surface area (Å²) in [5, 5.41) is 3.21. The minimum Gasteiger partial charge on any atom is -0.377 e. The van der Waals surface area contributed by atoms with Gasteiger partial charge in [0.2, 0.25) is 0 Å². The van der Waals surface area contributed by atoms with Crippen molar-refractivity contribution in [1.82, 2.24) is 5.32 Å². The first-order valence-electron chi connectivity index (χ1n) is 7.52. The largest absolute Gasteiger partial charge is 0.377 e. The van der Waals surface area contributed by atoms with Crippen LogP contribution in [0.4, 0.5) is 0 Å². The van der Waals surface area contributed by atoms with E-state index >= 15 is 0 Å². The maximum atomic E-state index is 5.96. The van der Waals surface area contributed by atoms with Crippen LogP contribution in [-0.4, -0.2) is 31.3 Å². The minimum absolute atomic E-state index is 0.166. The van der Waals surface area contributed by atoms with Crippen LogP contribution in [0.5, 0.6) is 0 Å². The molecule has 0 radical (unpaired) electrons. The predicted octanol–water partition coefficient (Wildman–Crippen LogP) is 2.53. The predicted molar refractivity (Wildman–Crippen MR) is 81.3 cm³/mol. The summed E-state index contributed by atoms with van der Waals surface area (Å²) in [6.07, 6.45) is 3.64. The first kappa shape index (κ1) is 16.3. The summed E-state index contributed by atoms with van der Waals surface area (Å²) in [6, 6.07) is 0.379. The Balaban J connectivity index is 2.56. The Morgan fingerprint density at radius 1 is 1.47 bits per heavy atom. The molecule has 4 nitrogen and oxygen atoms in total. The van der Waals surface area contributed by atoms with E-state index in [1.807, 2.05) is 0 Å². The fraction of sp³-hybridized carbons (Fsp3) is 0.933. The van der Waals surface area contributed by atoms with Gasteiger partial charge in [0, 0.05) is 25.1 Å². The smallest absolute Gasteiger partial charge is 0.188 e. The van der Waals surface area contributed by atoms with E-state index in [0.717, 1.165) is 26.0 Å². The molecule has 1 saturated heterocycles. The normalized spacial score (nSPS) is 27.1. The van der Waals surface area contributed by atoms with E-state index in [1.165, 1.54) is 6.42 Å². The number of aliphatic imine (C=N–C) groups is 1. The lowest BCUT2D eigenvalue weighted by Crippen LogP contribution is -2.42. The average Bonchev–Trinajstić information content (AvgIpc) is 2.35. The van der Waals surface area contributed by atoms with Gasteiger partial charge >= 0.3 is 0 Å². The molecule has 1 heterocycles. The first-order valence-corrected chi connectivity index (χ1v) is 7.52. The van der Waals surface area contributed by atoms with Crippen LogP contribution in [0.1, 0.15) is 53.9 Å². The highest BCUT2D eigenvalue weighted by atomic mass is 16.5. The lowest BCUT2D eigenvalue weighted by atomic mass is 9.78. The molecular weight excluding hydrogens is 238 g/mol. The molecule has 4 heteroatoms. The van der Waals surface area contributed by atoms with Gasteiger partial charge < -0.3 is 15.8 Å². The van der Waals surface area contributed by atoms with Crippen LogP contribution in [0.25, 0.3) is 0 Å². The maximum Gasteiger partial charge on any atom is 0.188 e. The standard InChI is InChI=1S/C15H31N3O/c1-6-11(2)18-14(16)17-10-12-8-7-9-19-13(12)15(3,4)5/h11-13H,6-10H2,1-5H3,(H3,16,17,18). The summed E-state index contributed by atoms with van der Waals surface area (Å²) in [5.74, 6) is 1.04. The molecule has 3 atom stereocenters. The van der Waals surface area contributed by atoms with Crippen molar-refractivity contribution in [2.75, 3.05) is 13.2 Å². The Hall–Kier alpha value is -0.770. The molecule has 0 aromatic rings. The van der Waals surface area contributed by atoms with Gasteiger partial charge in [0.25, 0.3) is 0 Å². The van der Waals surface area contributed by atoms with Crippen molar-refractivity contribution in [2.45, 2.75) is 66.0 Å². The molecule has 1 rings (SSSR count). The fourth-order valence-electron chi connectivity index (χ4n) is 2.60. The van der Waals surface area contributed by atoms with E-state index < -0.39 is 0 Å². The van der Waals surface area contributed by atoms with E-state index in [-0.39, 0.29) is 11.5 Å². The molecule has 1 aliphatic rings. The topological polar surface area (TPSA) is 59.6 Å². The molecule has 3 N–H and O–H groups in total. The summed E-state index contributed by atoms with van der Waals surface area (Å²) in [7, 11) is 0. The van der Waals surface area contributed by atoms with Crippen LogP contribution in [0.15, 0.2) is 4.99 Å². The van der Waals surface area contributed by atoms with Gasteiger partial charge in [-0.3, -0.25) is 4.99 Å². The number of rotatable bonds is 4. The van der Waals surface area contributed by atoms with Crippen LogP contribution in [0.3, 0.4) is 0 Å². The minimum atomic E-state index is 0.166. The van der Waals surface area contributed by atoms with Crippen LogP contribution in [-0.2, 0) is 4.74 Å². The Labute approximate surface area is 118 Å². The summed E-state index contributed by atoms with van der Waals surface area (Å²) >= 11 is 0. The van der Waals surface area contributed by atoms with Gasteiger partial charge in [0.15, 0.2) is 5.96 Å². The third-order valence-corrected chi connectivity index (χ3v) is 3.80. The lowest BCUT2D eigenvalue weighted by Gasteiger charge is -2.39. The zero-order chi connectivity index (χ0) is 14.5. The van der Waals surface area contributed by atoms with Gasteiger partial charge in [-0.2, -0.15) is 0 Å². The van der Waals surface area contributed by atoms with E-state index in [2.05, 4.69) is 44.9 Å². The number of ether oxygens (including phenoxy) is 1. The Morgan fingerprint density at radius 2 is 2.16 bits per heavy atom. The molecule has 112 valence electrons. The number of nitrogens with zero attached hydrogens (tertiary/aromatic N) is 1. The van der Waals surface area contributed by atoms with E-state index in [0.29, 0.717) is 17.9 Å². The molecule has 3 unspecified atom stereocenters. The summed E-state index contributed by atoms with van der Waals surface area (Å²) in [6.45, 7) is 12.6. The SMILES string of the molecule is CCC(C)NC(N)=NCC1CCCOC1C(C)(C)C. The summed E-state index contributed by atoms with van der Waals surface area (Å²) in [5.41, 5.74) is 6.09. The molecule has 0 amide bonds. The third kappa shape index (κ3) is 5.39. The molecule has 1 aliphatic heterocycles. The van der Waals surface area contributed by atoms with Crippen molar-refractivity contribution in [2.24, 2.45) is 22.1 Å². The number of nitrogens with one attached hydrogen (secondary N) is 1. The number of hydrogen-bond acceptors (Lipinski definition) is 2. The molecule has 0 bridgehead atoms. The highest BCUT2D eigenvalue weighted by Gasteiger charge is 2.35. The zero-order valence-corrected chi connectivity index (χ0v) is 13.2. The van der Waals surface area contributed by atoms with Crippen molar-refractivity contribution in [3.63, 3.8) is 0 Å². The van der Waals surface area contributed by atoms with Crippen LogP contribution in [0, 0.1) is 11.3 Å². The number of guanidine groups is 1. The van der Waals surface area contributed by atoms with Gasteiger partial charge in [-0.25, -0.2) is 0 Å². The lowest BCUT2D eigenvalue weighted by molar-refractivity contribution is -0.0823. The van der Waals surface area contributed by atoms with Crippen molar-refractivity contribution in [3.8, 4) is 0 Å². The second-order valence-corrected chi connectivity index (χ2v) is 6.74. The zero-order valence-electron chi connectivity index (χ0n) is 13.2. The van der Waals surface area contributed by atoms with Gasteiger partial charge in [0.05, 0.1) is 6.10 Å². The van der Waals surface area contributed by atoms with Gasteiger partial charge in [-0.1, -0.05) is 27.7 Å². The van der Waals surface area contributed by atoms with E-state index in [9.17, 15) is 0 Å². The van der Waals surface area contributed by atoms with Gasteiger partial charge in [-0.15, -0.1) is 0 Å². The average molecular weight is 269 g/mol. The quantitative estimate of drug-likeness (QED) is 0.609. The Morgan fingerprint density at radius 3 is 2.74 bits per heavy atom. The Kier molecular flexibility index (Phi) is 6.11. The first-order chi connectivity index (χ1) is 8.84. The second-order valence-electron chi connectivity index (χ2n) is 6.74. The summed E-state index contributed by atoms with van der Waals surface area (Å²) < 4.78 is 5.96. The Bertz CT molecular complexity index is 296. The molecular formula is C15H31N3O. The molecule has 0 spiro atoms. The van der Waals surface area contributed by atoms with Gasteiger partial charge in [0.1, 0.15) is 0 Å². The fourth-order valence-corrected chi connectivity index (χ4v) is 2.60. The van der Waals surface area contributed by atoms with Crippen LogP contribution >= 0.6 is 0 Å². The third-order valence-electron chi connectivity index (χ3n) is 3.80. The van der Waals surface area contributed by atoms with Crippen LogP contribution < -0.4 is 11.1 Å². The van der Waals surface area contributed by atoms with Crippen molar-refractivity contribution >= 4 is 5.96 Å². The van der Waals surface area contributed by atoms with Crippen molar-refractivity contribution in [1.29, 1.82) is 0 Å². The molecule has 19 heavy (non-hydrogen) atoms. The number of nitrogens with two attached hydrogens (primary N) is 1. The number of hydrogen-bond donors (Lipinski definition) is 2. The molecule has 0 aromatic carbocycles. The van der Waals surface area contributed by atoms with E-state index in [1.54, 1.807) is 0 Å². The molecule has 1 fully saturated rings. The van der Waals surface area contributed by atoms with Gasteiger partial charge in [-0.05, 0) is 31.6 Å². The highest BCUT2D eigenvalue weighted by molar-refractivity contribution is 5.78. The molecule has 0 saturated carbocycles. The van der Waals surface area contributed by atoms with Crippen molar-refractivity contribution in [3.05, 3.63) is 0 Å². The van der Waals surface area contributed by atoms with Crippen LogP contribution in [0.2, 0.25) is 0 Å². The summed E-state index contributed by atoms with van der Waals surface area (Å²) in [4.78, 5) is 4.50. The maximum absolute atomic E-state index is 5.96. The monoisotopic (exact) mass is 269 g/mol.